The highest BCUT2D eigenvalue weighted by molar-refractivity contribution is 7.33. The normalized spacial score (nSPS) is 11.2. The van der Waals surface area contributed by atoms with E-state index in [2.05, 4.69) is 27.7 Å². The molecule has 0 aromatic heterocycles. The highest BCUT2D eigenvalue weighted by Gasteiger charge is 2.23. The third kappa shape index (κ3) is 14.3. The zero-order valence-corrected chi connectivity index (χ0v) is 15.2. The number of carbonyl (C=O) groups excluding carboxylic acids is 2. The van der Waals surface area contributed by atoms with E-state index in [9.17, 15) is 14.2 Å². The van der Waals surface area contributed by atoms with Crippen LogP contribution in [0.2, 0.25) is 0 Å². The van der Waals surface area contributed by atoms with Crippen LogP contribution in [0.5, 0.6) is 0 Å². The van der Waals surface area contributed by atoms with Gasteiger partial charge in [0.1, 0.15) is 0 Å². The van der Waals surface area contributed by atoms with E-state index in [0.29, 0.717) is 24.7 Å². The monoisotopic (exact) mass is 333 g/mol. The highest BCUT2D eigenvalue weighted by Crippen LogP contribution is 2.24. The van der Waals surface area contributed by atoms with Crippen molar-refractivity contribution in [3.05, 3.63) is 0 Å². The van der Waals surface area contributed by atoms with E-state index in [1.54, 1.807) is 0 Å². The van der Waals surface area contributed by atoms with Gasteiger partial charge in [-0.3, -0.25) is 9.59 Å². The van der Waals surface area contributed by atoms with Crippen LogP contribution in [0.15, 0.2) is 0 Å². The largest absolute Gasteiger partial charge is 0.698 e. The van der Waals surface area contributed by atoms with Crippen LogP contribution in [0.1, 0.15) is 66.2 Å². The maximum absolute atomic E-state index is 11.5. The summed E-state index contributed by atoms with van der Waals surface area (Å²) in [6.45, 7) is 7.98. The van der Waals surface area contributed by atoms with Crippen LogP contribution in [-0.4, -0.2) is 24.8 Å². The molecule has 0 saturated carbocycles. The van der Waals surface area contributed by atoms with E-state index in [1.165, 1.54) is 0 Å². The van der Waals surface area contributed by atoms with Crippen LogP contribution >= 0.6 is 8.25 Å². The third-order valence-corrected chi connectivity index (χ3v) is 3.82. The van der Waals surface area contributed by atoms with Crippen LogP contribution in [-0.2, 0) is 23.2 Å². The van der Waals surface area contributed by atoms with Crippen molar-refractivity contribution in [3.63, 3.8) is 0 Å². The molecule has 0 aromatic carbocycles. The molecule has 0 aliphatic carbocycles. The predicted octanol–water partition coefficient (Wildman–Crippen LogP) is 4.47. The van der Waals surface area contributed by atoms with Gasteiger partial charge in [0, 0.05) is 17.4 Å². The zero-order chi connectivity index (χ0) is 17.0. The first kappa shape index (κ1) is 21.4. The molecule has 0 fully saturated rings. The van der Waals surface area contributed by atoms with E-state index in [1.807, 2.05) is 0 Å². The quantitative estimate of drug-likeness (QED) is 0.439. The summed E-state index contributed by atoms with van der Waals surface area (Å²) in [5.41, 5.74) is 0. The van der Waals surface area contributed by atoms with Gasteiger partial charge in [-0.25, -0.2) is 0 Å². The van der Waals surface area contributed by atoms with Crippen molar-refractivity contribution >= 4 is 19.8 Å². The smallest absolute Gasteiger partial charge is 0.297 e. The number of ketones is 2. The Morgan fingerprint density at radius 2 is 1.18 bits per heavy atom. The van der Waals surface area contributed by atoms with Crippen molar-refractivity contribution in [2.75, 3.05) is 13.2 Å². The molecule has 0 saturated heterocycles. The molecule has 0 heterocycles. The summed E-state index contributed by atoms with van der Waals surface area (Å²) in [4.78, 5) is 23.0. The number of hydrogen-bond acceptors (Lipinski definition) is 5. The van der Waals surface area contributed by atoms with Gasteiger partial charge in [0.2, 0.25) is 0 Å². The van der Waals surface area contributed by atoms with Crippen molar-refractivity contribution in [1.82, 2.24) is 0 Å². The van der Waals surface area contributed by atoms with Crippen molar-refractivity contribution in [2.24, 2.45) is 11.8 Å². The third-order valence-electron chi connectivity index (χ3n) is 3.14. The Hall–Kier alpha value is -0.640. The maximum Gasteiger partial charge on any atom is 0.698 e. The molecule has 6 heteroatoms. The molecular formula is C16H30O5P+. The first-order chi connectivity index (χ1) is 10.3. The average molecular weight is 333 g/mol. The highest BCUT2D eigenvalue weighted by atomic mass is 31.1. The molecule has 0 aliphatic heterocycles. The minimum Gasteiger partial charge on any atom is -0.297 e. The second-order valence-corrected chi connectivity index (χ2v) is 7.38. The Bertz CT molecular complexity index is 320. The van der Waals surface area contributed by atoms with Gasteiger partial charge in [0.25, 0.3) is 0 Å². The van der Waals surface area contributed by atoms with E-state index in [0.717, 1.165) is 25.7 Å². The summed E-state index contributed by atoms with van der Waals surface area (Å²) in [5, 5.41) is 0. The second kappa shape index (κ2) is 12.9. The SMILES string of the molecule is CC(C)CCCC(=O)CO[P+](=O)OCC(=O)CCCC(C)C. The van der Waals surface area contributed by atoms with E-state index >= 15 is 0 Å². The van der Waals surface area contributed by atoms with E-state index in [-0.39, 0.29) is 24.8 Å². The molecule has 0 aliphatic rings. The Morgan fingerprint density at radius 1 is 0.818 bits per heavy atom. The molecule has 0 rings (SSSR count). The molecular weight excluding hydrogens is 303 g/mol. The summed E-state index contributed by atoms with van der Waals surface area (Å²) in [6, 6.07) is 0. The van der Waals surface area contributed by atoms with E-state index < -0.39 is 8.25 Å². The van der Waals surface area contributed by atoms with Gasteiger partial charge < -0.3 is 0 Å². The van der Waals surface area contributed by atoms with Crippen LogP contribution in [0.25, 0.3) is 0 Å². The average Bonchev–Trinajstić information content (AvgIpc) is 2.42. The summed E-state index contributed by atoms with van der Waals surface area (Å²) >= 11 is 0. The van der Waals surface area contributed by atoms with Gasteiger partial charge in [-0.1, -0.05) is 40.5 Å². The molecule has 0 bridgehead atoms. The summed E-state index contributed by atoms with van der Waals surface area (Å²) in [6.07, 6.45) is 4.45. The fraction of sp³-hybridized carbons (Fsp3) is 0.875. The molecule has 5 nitrogen and oxygen atoms in total. The first-order valence-electron chi connectivity index (χ1n) is 8.07. The molecule has 0 unspecified atom stereocenters. The Balaban J connectivity index is 3.64. The molecule has 128 valence electrons. The lowest BCUT2D eigenvalue weighted by molar-refractivity contribution is -0.121. The topological polar surface area (TPSA) is 69.7 Å². The molecule has 0 aromatic rings. The molecule has 0 amide bonds. The Kier molecular flexibility index (Phi) is 12.5. The fourth-order valence-electron chi connectivity index (χ4n) is 1.85. The lowest BCUT2D eigenvalue weighted by atomic mass is 10.1. The van der Waals surface area contributed by atoms with Gasteiger partial charge in [0.15, 0.2) is 24.8 Å². The number of carbonyl (C=O) groups is 2. The fourth-order valence-corrected chi connectivity index (χ4v) is 2.42. The van der Waals surface area contributed by atoms with Gasteiger partial charge in [0.05, 0.1) is 0 Å². The number of Topliss-reactive ketones (excluding diaryl/α,β-unsaturated/α-hetero) is 2. The summed E-state index contributed by atoms with van der Waals surface area (Å²) < 4.78 is 21.1. The van der Waals surface area contributed by atoms with Crippen LogP contribution < -0.4 is 0 Å². The van der Waals surface area contributed by atoms with Gasteiger partial charge in [-0.15, -0.1) is 9.05 Å². The summed E-state index contributed by atoms with van der Waals surface area (Å²) in [7, 11) is -2.39. The molecule has 0 N–H and O–H groups in total. The molecule has 0 radical (unpaired) electrons. The minimum atomic E-state index is -2.39. The summed E-state index contributed by atoms with van der Waals surface area (Å²) in [5.74, 6) is 0.956. The van der Waals surface area contributed by atoms with Crippen LogP contribution in [0.3, 0.4) is 0 Å². The maximum atomic E-state index is 11.5. The van der Waals surface area contributed by atoms with Gasteiger partial charge in [-0.2, -0.15) is 0 Å². The van der Waals surface area contributed by atoms with E-state index in [4.69, 9.17) is 9.05 Å². The zero-order valence-electron chi connectivity index (χ0n) is 14.3. The predicted molar refractivity (Wildman–Crippen MR) is 86.9 cm³/mol. The lowest BCUT2D eigenvalue weighted by Gasteiger charge is -2.02. The van der Waals surface area contributed by atoms with Crippen molar-refractivity contribution < 1.29 is 23.2 Å². The number of rotatable bonds is 14. The van der Waals surface area contributed by atoms with Crippen molar-refractivity contribution in [2.45, 2.75) is 66.2 Å². The lowest BCUT2D eigenvalue weighted by Crippen LogP contribution is -2.08. The Morgan fingerprint density at radius 3 is 1.50 bits per heavy atom. The Labute approximate surface area is 135 Å². The van der Waals surface area contributed by atoms with Crippen LogP contribution in [0.4, 0.5) is 0 Å². The van der Waals surface area contributed by atoms with Crippen molar-refractivity contribution in [1.29, 1.82) is 0 Å². The number of hydrogen-bond donors (Lipinski definition) is 0. The molecule has 22 heavy (non-hydrogen) atoms. The van der Waals surface area contributed by atoms with Gasteiger partial charge >= 0.3 is 8.25 Å². The van der Waals surface area contributed by atoms with Gasteiger partial charge in [-0.05, 0) is 24.7 Å². The first-order valence-corrected chi connectivity index (χ1v) is 9.17. The standard InChI is InChI=1S/C16H30O5P/c1-13(2)7-5-9-15(17)11-20-22(19)21-12-16(18)10-6-8-14(3)4/h13-14H,5-12H2,1-4H3/q+1. The minimum absolute atomic E-state index is 0.0872. The second-order valence-electron chi connectivity index (χ2n) is 6.42. The molecule has 0 spiro atoms. The van der Waals surface area contributed by atoms with Crippen molar-refractivity contribution in [3.8, 4) is 0 Å². The molecule has 0 atom stereocenters. The van der Waals surface area contributed by atoms with Crippen LogP contribution in [0, 0.1) is 11.8 Å².